The molecule has 0 aromatic heterocycles. The van der Waals surface area contributed by atoms with E-state index in [1.165, 1.54) is 0 Å². The van der Waals surface area contributed by atoms with E-state index in [-0.39, 0.29) is 0 Å². The lowest BCUT2D eigenvalue weighted by atomic mass is 10.3. The summed E-state index contributed by atoms with van der Waals surface area (Å²) in [5.41, 5.74) is 0. The standard InChI is InChI=1S/C7H14N2O.C2H6/c10-7-1-4-9-5-2-8-3-6-9;1-2/h7-8H,1-6H2;1-2H3. The van der Waals surface area contributed by atoms with Crippen molar-refractivity contribution in [2.75, 3.05) is 32.7 Å². The van der Waals surface area contributed by atoms with Gasteiger partial charge in [-0.05, 0) is 0 Å². The summed E-state index contributed by atoms with van der Waals surface area (Å²) in [6, 6.07) is 0. The Balaban J connectivity index is 0.000000561. The number of hydrogen-bond acceptors (Lipinski definition) is 3. The molecular weight excluding hydrogens is 152 g/mol. The molecule has 1 aliphatic heterocycles. The Labute approximate surface area is 75.1 Å². The molecule has 1 fully saturated rings. The molecule has 1 saturated heterocycles. The van der Waals surface area contributed by atoms with Gasteiger partial charge in [0.1, 0.15) is 6.29 Å². The molecule has 1 N–H and O–H groups in total. The normalized spacial score (nSPS) is 17.8. The van der Waals surface area contributed by atoms with Crippen LogP contribution in [0.4, 0.5) is 0 Å². The van der Waals surface area contributed by atoms with Gasteiger partial charge in [-0.25, -0.2) is 0 Å². The van der Waals surface area contributed by atoms with E-state index in [2.05, 4.69) is 10.2 Å². The van der Waals surface area contributed by atoms with E-state index in [9.17, 15) is 4.79 Å². The van der Waals surface area contributed by atoms with E-state index in [1.807, 2.05) is 13.8 Å². The highest BCUT2D eigenvalue weighted by Gasteiger charge is 2.07. The number of piperazine rings is 1. The van der Waals surface area contributed by atoms with E-state index in [0.717, 1.165) is 39.0 Å². The molecule has 0 aromatic rings. The summed E-state index contributed by atoms with van der Waals surface area (Å²) in [5, 5.41) is 3.26. The fraction of sp³-hybridized carbons (Fsp3) is 0.889. The van der Waals surface area contributed by atoms with E-state index < -0.39 is 0 Å². The second-order valence-corrected chi connectivity index (χ2v) is 2.55. The lowest BCUT2D eigenvalue weighted by Crippen LogP contribution is -2.43. The van der Waals surface area contributed by atoms with Crippen LogP contribution in [0.3, 0.4) is 0 Å². The van der Waals surface area contributed by atoms with Gasteiger partial charge in [-0.1, -0.05) is 13.8 Å². The van der Waals surface area contributed by atoms with Crippen LogP contribution in [0.25, 0.3) is 0 Å². The molecule has 3 nitrogen and oxygen atoms in total. The zero-order chi connectivity index (χ0) is 9.23. The summed E-state index contributed by atoms with van der Waals surface area (Å²) in [6.07, 6.45) is 1.67. The average Bonchev–Trinajstić information content (AvgIpc) is 2.19. The Morgan fingerprint density at radius 1 is 1.33 bits per heavy atom. The third-order valence-electron chi connectivity index (χ3n) is 1.77. The summed E-state index contributed by atoms with van der Waals surface area (Å²) >= 11 is 0. The molecule has 1 rings (SSSR count). The van der Waals surface area contributed by atoms with Gasteiger partial charge in [-0.2, -0.15) is 0 Å². The average molecular weight is 172 g/mol. The minimum absolute atomic E-state index is 0.681. The molecule has 72 valence electrons. The van der Waals surface area contributed by atoms with Gasteiger partial charge in [0.05, 0.1) is 0 Å². The van der Waals surface area contributed by atoms with Gasteiger partial charge >= 0.3 is 0 Å². The first kappa shape index (κ1) is 11.6. The molecular formula is C9H20N2O. The summed E-state index contributed by atoms with van der Waals surface area (Å²) < 4.78 is 0. The number of carbonyl (C=O) groups is 1. The Hall–Kier alpha value is -0.410. The van der Waals surface area contributed by atoms with Gasteiger partial charge in [-0.15, -0.1) is 0 Å². The first-order chi connectivity index (χ1) is 5.93. The Bertz CT molecular complexity index is 101. The SMILES string of the molecule is CC.O=CCCN1CCNCC1. The molecule has 1 heterocycles. The first-order valence-corrected chi connectivity index (χ1v) is 4.80. The highest BCUT2D eigenvalue weighted by atomic mass is 16.1. The molecule has 0 aliphatic carbocycles. The minimum Gasteiger partial charge on any atom is -0.314 e. The van der Waals surface area contributed by atoms with Crippen LogP contribution in [0.1, 0.15) is 20.3 Å². The van der Waals surface area contributed by atoms with Crippen LogP contribution in [0.2, 0.25) is 0 Å². The Morgan fingerprint density at radius 2 is 1.92 bits per heavy atom. The quantitative estimate of drug-likeness (QED) is 0.629. The van der Waals surface area contributed by atoms with Crippen molar-refractivity contribution < 1.29 is 4.79 Å². The van der Waals surface area contributed by atoms with Crippen LogP contribution in [0, 0.1) is 0 Å². The van der Waals surface area contributed by atoms with E-state index in [1.54, 1.807) is 0 Å². The van der Waals surface area contributed by atoms with Crippen LogP contribution < -0.4 is 5.32 Å². The maximum Gasteiger partial charge on any atom is 0.121 e. The highest BCUT2D eigenvalue weighted by Crippen LogP contribution is 1.91. The molecule has 0 spiro atoms. The molecule has 0 radical (unpaired) electrons. The molecule has 1 aliphatic rings. The third-order valence-corrected chi connectivity index (χ3v) is 1.77. The second-order valence-electron chi connectivity index (χ2n) is 2.55. The zero-order valence-corrected chi connectivity index (χ0v) is 8.18. The van der Waals surface area contributed by atoms with Gasteiger partial charge in [0.25, 0.3) is 0 Å². The van der Waals surface area contributed by atoms with Crippen molar-refractivity contribution in [3.63, 3.8) is 0 Å². The number of nitrogens with one attached hydrogen (secondary N) is 1. The topological polar surface area (TPSA) is 32.3 Å². The van der Waals surface area contributed by atoms with Gasteiger partial charge < -0.3 is 15.0 Å². The van der Waals surface area contributed by atoms with E-state index >= 15 is 0 Å². The monoisotopic (exact) mass is 172 g/mol. The number of nitrogens with zero attached hydrogens (tertiary/aromatic N) is 1. The number of carbonyl (C=O) groups excluding carboxylic acids is 1. The van der Waals surface area contributed by atoms with Gasteiger partial charge in [0.15, 0.2) is 0 Å². The predicted octanol–water partition coefficient (Wildman–Crippen LogP) is 0.507. The predicted molar refractivity (Wildman–Crippen MR) is 51.3 cm³/mol. The molecule has 0 atom stereocenters. The van der Waals surface area contributed by atoms with Crippen molar-refractivity contribution in [2.45, 2.75) is 20.3 Å². The lowest BCUT2D eigenvalue weighted by Gasteiger charge is -2.26. The zero-order valence-electron chi connectivity index (χ0n) is 8.18. The Kier molecular flexibility index (Phi) is 8.39. The van der Waals surface area contributed by atoms with Crippen LogP contribution in [-0.4, -0.2) is 43.9 Å². The molecule has 3 heteroatoms. The molecule has 0 bridgehead atoms. The summed E-state index contributed by atoms with van der Waals surface area (Å²) in [6.45, 7) is 9.25. The van der Waals surface area contributed by atoms with Crippen LogP contribution in [0.15, 0.2) is 0 Å². The summed E-state index contributed by atoms with van der Waals surface area (Å²) in [5.74, 6) is 0. The largest absolute Gasteiger partial charge is 0.314 e. The Morgan fingerprint density at radius 3 is 2.42 bits per heavy atom. The van der Waals surface area contributed by atoms with Crippen molar-refractivity contribution in [1.82, 2.24) is 10.2 Å². The summed E-state index contributed by atoms with van der Waals surface area (Å²) in [4.78, 5) is 12.3. The fourth-order valence-corrected chi connectivity index (χ4v) is 1.17. The molecule has 0 amide bonds. The summed E-state index contributed by atoms with van der Waals surface area (Å²) in [7, 11) is 0. The molecule has 0 saturated carbocycles. The first-order valence-electron chi connectivity index (χ1n) is 4.80. The van der Waals surface area contributed by atoms with Crippen LogP contribution in [0.5, 0.6) is 0 Å². The van der Waals surface area contributed by atoms with Crippen LogP contribution in [-0.2, 0) is 4.79 Å². The van der Waals surface area contributed by atoms with Crippen molar-refractivity contribution in [3.05, 3.63) is 0 Å². The smallest absolute Gasteiger partial charge is 0.121 e. The van der Waals surface area contributed by atoms with Gasteiger partial charge in [-0.3, -0.25) is 0 Å². The minimum atomic E-state index is 0.681. The third kappa shape index (κ3) is 5.27. The molecule has 0 unspecified atom stereocenters. The van der Waals surface area contributed by atoms with Crippen LogP contribution >= 0.6 is 0 Å². The van der Waals surface area contributed by atoms with Crippen molar-refractivity contribution in [2.24, 2.45) is 0 Å². The van der Waals surface area contributed by atoms with Gasteiger partial charge in [0, 0.05) is 39.1 Å². The lowest BCUT2D eigenvalue weighted by molar-refractivity contribution is -0.108. The highest BCUT2D eigenvalue weighted by molar-refractivity contribution is 5.49. The van der Waals surface area contributed by atoms with E-state index in [4.69, 9.17) is 0 Å². The molecule has 0 aromatic carbocycles. The maximum atomic E-state index is 10.0. The van der Waals surface area contributed by atoms with Crippen molar-refractivity contribution >= 4 is 6.29 Å². The number of rotatable bonds is 3. The maximum absolute atomic E-state index is 10.0. The second kappa shape index (κ2) is 8.68. The van der Waals surface area contributed by atoms with Crippen molar-refractivity contribution in [3.8, 4) is 0 Å². The van der Waals surface area contributed by atoms with E-state index in [0.29, 0.717) is 6.42 Å². The number of aldehydes is 1. The fourth-order valence-electron chi connectivity index (χ4n) is 1.17. The van der Waals surface area contributed by atoms with Gasteiger partial charge in [0.2, 0.25) is 0 Å². The molecule has 12 heavy (non-hydrogen) atoms. The number of hydrogen-bond donors (Lipinski definition) is 1. The van der Waals surface area contributed by atoms with Crippen molar-refractivity contribution in [1.29, 1.82) is 0 Å².